The summed E-state index contributed by atoms with van der Waals surface area (Å²) in [6.07, 6.45) is 0. The number of hydrogen-bond acceptors (Lipinski definition) is 6. The van der Waals surface area contributed by atoms with E-state index in [2.05, 4.69) is 15.2 Å². The summed E-state index contributed by atoms with van der Waals surface area (Å²) < 4.78 is 6.16. The molecule has 0 atom stereocenters. The Morgan fingerprint density at radius 3 is 2.55 bits per heavy atom. The van der Waals surface area contributed by atoms with Gasteiger partial charge in [-0.2, -0.15) is 5.10 Å². The maximum Gasteiger partial charge on any atom is 0.340 e. The average Bonchev–Trinajstić information content (AvgIpc) is 3.03. The van der Waals surface area contributed by atoms with Gasteiger partial charge in [0.2, 0.25) is 0 Å². The second-order valence-corrected chi connectivity index (χ2v) is 5.52. The number of anilines is 1. The largest absolute Gasteiger partial charge is 0.465 e. The van der Waals surface area contributed by atoms with Crippen molar-refractivity contribution in [2.24, 2.45) is 7.05 Å². The van der Waals surface area contributed by atoms with E-state index < -0.39 is 17.7 Å². The molecule has 2 heterocycles. The van der Waals surface area contributed by atoms with Crippen molar-refractivity contribution in [2.45, 2.75) is 13.8 Å². The molecule has 0 unspecified atom stereocenters. The van der Waals surface area contributed by atoms with E-state index in [1.807, 2.05) is 0 Å². The van der Waals surface area contributed by atoms with Crippen LogP contribution in [0.25, 0.3) is 0 Å². The van der Waals surface area contributed by atoms with Crippen LogP contribution in [0.2, 0.25) is 0 Å². The molecule has 2 aromatic rings. The lowest BCUT2D eigenvalue weighted by Crippen LogP contribution is -2.24. The van der Waals surface area contributed by atoms with Gasteiger partial charge in [-0.3, -0.25) is 14.3 Å². The minimum absolute atomic E-state index is 0.216. The van der Waals surface area contributed by atoms with Gasteiger partial charge in [0, 0.05) is 12.7 Å². The molecule has 0 aliphatic carbocycles. The third kappa shape index (κ3) is 2.77. The summed E-state index contributed by atoms with van der Waals surface area (Å²) >= 11 is 1.14. The van der Waals surface area contributed by atoms with Gasteiger partial charge in [-0.1, -0.05) is 0 Å². The maximum absolute atomic E-state index is 12.3. The molecule has 0 fully saturated rings. The number of Topliss-reactive ketones (excluding diaryl/α,β-unsaturated/α-hetero) is 1. The van der Waals surface area contributed by atoms with Crippen molar-refractivity contribution in [2.75, 3.05) is 12.4 Å². The van der Waals surface area contributed by atoms with Crippen LogP contribution in [0.4, 0.5) is 5.00 Å². The SMILES string of the molecule is COC(=O)c1ccsc1NC(=O)C(=O)c1c(C)nn(C)c1C. The zero-order valence-electron chi connectivity index (χ0n) is 12.6. The van der Waals surface area contributed by atoms with E-state index in [-0.39, 0.29) is 16.1 Å². The summed E-state index contributed by atoms with van der Waals surface area (Å²) in [5.41, 5.74) is 1.58. The molecule has 1 amide bonds. The topological polar surface area (TPSA) is 90.3 Å². The quantitative estimate of drug-likeness (QED) is 0.526. The van der Waals surface area contributed by atoms with Crippen LogP contribution in [0, 0.1) is 13.8 Å². The van der Waals surface area contributed by atoms with Crippen molar-refractivity contribution in [1.29, 1.82) is 0 Å². The van der Waals surface area contributed by atoms with Crippen LogP contribution in [0.5, 0.6) is 0 Å². The predicted octanol–water partition coefficient (Wildman–Crippen LogP) is 1.71. The van der Waals surface area contributed by atoms with Crippen LogP contribution in [-0.4, -0.2) is 34.6 Å². The first-order valence-electron chi connectivity index (χ1n) is 6.38. The highest BCUT2D eigenvalue weighted by atomic mass is 32.1. The monoisotopic (exact) mass is 321 g/mol. The molecule has 2 aromatic heterocycles. The van der Waals surface area contributed by atoms with E-state index in [0.717, 1.165) is 11.3 Å². The smallest absolute Gasteiger partial charge is 0.340 e. The van der Waals surface area contributed by atoms with Crippen molar-refractivity contribution >= 4 is 34.0 Å². The lowest BCUT2D eigenvalue weighted by Gasteiger charge is -2.05. The summed E-state index contributed by atoms with van der Waals surface area (Å²) in [7, 11) is 2.95. The number of nitrogens with zero attached hydrogens (tertiary/aromatic N) is 2. The minimum atomic E-state index is -0.813. The molecule has 8 heteroatoms. The molecule has 0 radical (unpaired) electrons. The average molecular weight is 321 g/mol. The Morgan fingerprint density at radius 1 is 1.32 bits per heavy atom. The maximum atomic E-state index is 12.3. The number of aromatic nitrogens is 2. The summed E-state index contributed by atoms with van der Waals surface area (Å²) in [4.78, 5) is 36.0. The minimum Gasteiger partial charge on any atom is -0.465 e. The highest BCUT2D eigenvalue weighted by molar-refractivity contribution is 7.14. The number of amides is 1. The molecule has 7 nitrogen and oxygen atoms in total. The number of thiophene rings is 1. The summed E-state index contributed by atoms with van der Waals surface area (Å²) in [5.74, 6) is -2.07. The fraction of sp³-hybridized carbons (Fsp3) is 0.286. The first-order valence-corrected chi connectivity index (χ1v) is 7.26. The molecule has 2 rings (SSSR count). The number of methoxy groups -OCH3 is 1. The van der Waals surface area contributed by atoms with Gasteiger partial charge in [-0.25, -0.2) is 4.79 Å². The summed E-state index contributed by atoms with van der Waals surface area (Å²) in [6, 6.07) is 1.52. The standard InChI is InChI=1S/C14H15N3O4S/c1-7-10(8(2)17(3)16-7)11(18)12(19)15-13-9(5-6-22-13)14(20)21-4/h5-6H,1-4H3,(H,15,19). The Morgan fingerprint density at radius 2 is 2.00 bits per heavy atom. The normalized spacial score (nSPS) is 10.4. The van der Waals surface area contributed by atoms with Gasteiger partial charge in [0.05, 0.1) is 23.9 Å². The molecule has 22 heavy (non-hydrogen) atoms. The van der Waals surface area contributed by atoms with E-state index in [1.165, 1.54) is 13.2 Å². The van der Waals surface area contributed by atoms with Gasteiger partial charge in [-0.05, 0) is 25.3 Å². The highest BCUT2D eigenvalue weighted by Crippen LogP contribution is 2.24. The van der Waals surface area contributed by atoms with Crippen LogP contribution in [0.3, 0.4) is 0 Å². The number of hydrogen-bond donors (Lipinski definition) is 1. The van der Waals surface area contributed by atoms with Crippen LogP contribution >= 0.6 is 11.3 Å². The number of ether oxygens (including phenoxy) is 1. The van der Waals surface area contributed by atoms with Crippen molar-refractivity contribution in [3.05, 3.63) is 34.0 Å². The number of rotatable bonds is 4. The van der Waals surface area contributed by atoms with E-state index >= 15 is 0 Å². The number of nitrogens with one attached hydrogen (secondary N) is 1. The Kier molecular flexibility index (Phi) is 4.41. The molecule has 0 spiro atoms. The van der Waals surface area contributed by atoms with E-state index in [4.69, 9.17) is 0 Å². The van der Waals surface area contributed by atoms with Gasteiger partial charge in [0.15, 0.2) is 0 Å². The van der Waals surface area contributed by atoms with E-state index in [9.17, 15) is 14.4 Å². The van der Waals surface area contributed by atoms with Gasteiger partial charge in [-0.15, -0.1) is 11.3 Å². The van der Waals surface area contributed by atoms with Gasteiger partial charge in [0.1, 0.15) is 5.00 Å². The fourth-order valence-corrected chi connectivity index (χ4v) is 2.82. The van der Waals surface area contributed by atoms with E-state index in [1.54, 1.807) is 31.0 Å². The second kappa shape index (κ2) is 6.10. The van der Waals surface area contributed by atoms with Crippen molar-refractivity contribution in [3.8, 4) is 0 Å². The Bertz CT molecular complexity index is 760. The van der Waals surface area contributed by atoms with Crippen LogP contribution in [0.15, 0.2) is 11.4 Å². The third-order valence-electron chi connectivity index (χ3n) is 3.24. The summed E-state index contributed by atoms with van der Waals surface area (Å²) in [5, 5.41) is 8.49. The molecule has 0 saturated heterocycles. The zero-order chi connectivity index (χ0) is 16.4. The van der Waals surface area contributed by atoms with Gasteiger partial charge < -0.3 is 10.1 Å². The lowest BCUT2D eigenvalue weighted by molar-refractivity contribution is -0.112. The number of carbonyl (C=O) groups excluding carboxylic acids is 3. The Hall–Kier alpha value is -2.48. The Balaban J connectivity index is 2.25. The van der Waals surface area contributed by atoms with Crippen molar-refractivity contribution < 1.29 is 19.1 Å². The fourth-order valence-electron chi connectivity index (χ4n) is 2.05. The molecular formula is C14H15N3O4S. The Labute approximate surface area is 130 Å². The number of esters is 1. The summed E-state index contributed by atoms with van der Waals surface area (Å²) in [6.45, 7) is 3.38. The van der Waals surface area contributed by atoms with E-state index in [0.29, 0.717) is 11.4 Å². The molecule has 0 aliphatic rings. The van der Waals surface area contributed by atoms with Gasteiger partial charge in [0.25, 0.3) is 11.7 Å². The van der Waals surface area contributed by atoms with Crippen LogP contribution in [-0.2, 0) is 16.6 Å². The van der Waals surface area contributed by atoms with Gasteiger partial charge >= 0.3 is 5.97 Å². The molecule has 116 valence electrons. The lowest BCUT2D eigenvalue weighted by atomic mass is 10.1. The predicted molar refractivity (Wildman–Crippen MR) is 81.3 cm³/mol. The van der Waals surface area contributed by atoms with Crippen molar-refractivity contribution in [1.82, 2.24) is 9.78 Å². The number of carbonyl (C=O) groups is 3. The molecule has 0 aromatic carbocycles. The number of aryl methyl sites for hydroxylation is 2. The molecule has 1 N–H and O–H groups in total. The molecule has 0 saturated carbocycles. The molecular weight excluding hydrogens is 306 g/mol. The molecule has 0 bridgehead atoms. The van der Waals surface area contributed by atoms with Crippen LogP contribution in [0.1, 0.15) is 32.1 Å². The first kappa shape index (κ1) is 15.9. The van der Waals surface area contributed by atoms with Crippen molar-refractivity contribution in [3.63, 3.8) is 0 Å². The third-order valence-corrected chi connectivity index (χ3v) is 4.07. The second-order valence-electron chi connectivity index (χ2n) is 4.61. The molecule has 0 aliphatic heterocycles. The zero-order valence-corrected chi connectivity index (χ0v) is 13.4. The van der Waals surface area contributed by atoms with Crippen LogP contribution < -0.4 is 5.32 Å². The number of ketones is 1. The first-order chi connectivity index (χ1) is 10.4. The highest BCUT2D eigenvalue weighted by Gasteiger charge is 2.25.